The van der Waals surface area contributed by atoms with E-state index in [1.165, 1.54) is 0 Å². The zero-order chi connectivity index (χ0) is 20.8. The van der Waals surface area contributed by atoms with Gasteiger partial charge in [0.2, 0.25) is 0 Å². The van der Waals surface area contributed by atoms with Gasteiger partial charge in [-0.3, -0.25) is 0 Å². The molecule has 0 aliphatic rings. The molecule has 2 N–H and O–H groups in total. The first-order chi connectivity index (χ1) is 14.7. The molecule has 0 aliphatic carbocycles. The topological polar surface area (TPSA) is 53.3 Å². The van der Waals surface area contributed by atoms with Crippen molar-refractivity contribution >= 4 is 34.4 Å². The number of nitrogens with zero attached hydrogens (tertiary/aromatic N) is 3. The SMILES string of the molecule is OCCN(Cc1cn(-c2ccccc2)nc1-c1cccs1)C(=S)Nc1ccccc1. The van der Waals surface area contributed by atoms with Gasteiger partial charge in [-0.05, 0) is 47.9 Å². The number of para-hydroxylation sites is 2. The van der Waals surface area contributed by atoms with Crippen LogP contribution in [0.15, 0.2) is 84.4 Å². The van der Waals surface area contributed by atoms with Crippen molar-refractivity contribution in [1.82, 2.24) is 14.7 Å². The lowest BCUT2D eigenvalue weighted by Gasteiger charge is -2.25. The molecule has 0 saturated carbocycles. The third-order valence-corrected chi connectivity index (χ3v) is 5.85. The largest absolute Gasteiger partial charge is 0.395 e. The summed E-state index contributed by atoms with van der Waals surface area (Å²) in [4.78, 5) is 3.07. The first-order valence-electron chi connectivity index (χ1n) is 9.64. The van der Waals surface area contributed by atoms with E-state index >= 15 is 0 Å². The Morgan fingerprint density at radius 3 is 2.43 bits per heavy atom. The summed E-state index contributed by atoms with van der Waals surface area (Å²) in [5.74, 6) is 0. The molecule has 7 heteroatoms. The van der Waals surface area contributed by atoms with Crippen LogP contribution in [0.4, 0.5) is 5.69 Å². The summed E-state index contributed by atoms with van der Waals surface area (Å²) < 4.78 is 1.90. The van der Waals surface area contributed by atoms with Crippen LogP contribution < -0.4 is 5.32 Å². The van der Waals surface area contributed by atoms with Crippen molar-refractivity contribution < 1.29 is 5.11 Å². The minimum atomic E-state index is 0.0117. The first-order valence-corrected chi connectivity index (χ1v) is 10.9. The number of rotatable bonds is 7. The van der Waals surface area contributed by atoms with Gasteiger partial charge in [0.1, 0.15) is 5.69 Å². The molecule has 0 spiro atoms. The molecule has 0 aliphatic heterocycles. The van der Waals surface area contributed by atoms with E-state index < -0.39 is 0 Å². The minimum absolute atomic E-state index is 0.0117. The van der Waals surface area contributed by atoms with Gasteiger partial charge in [-0.25, -0.2) is 4.68 Å². The molecule has 2 aromatic heterocycles. The van der Waals surface area contributed by atoms with Gasteiger partial charge in [-0.15, -0.1) is 11.3 Å². The first kappa shape index (κ1) is 20.3. The maximum atomic E-state index is 9.62. The van der Waals surface area contributed by atoms with E-state index in [1.807, 2.05) is 87.9 Å². The lowest BCUT2D eigenvalue weighted by Crippen LogP contribution is -2.36. The summed E-state index contributed by atoms with van der Waals surface area (Å²) in [6.45, 7) is 0.982. The van der Waals surface area contributed by atoms with Gasteiger partial charge in [0, 0.05) is 30.5 Å². The lowest BCUT2D eigenvalue weighted by atomic mass is 10.2. The summed E-state index contributed by atoms with van der Waals surface area (Å²) in [7, 11) is 0. The molecule has 2 aromatic carbocycles. The van der Waals surface area contributed by atoms with E-state index in [9.17, 15) is 5.11 Å². The van der Waals surface area contributed by atoms with Gasteiger partial charge in [0.05, 0.1) is 17.2 Å². The highest BCUT2D eigenvalue weighted by atomic mass is 32.1. The van der Waals surface area contributed by atoms with Gasteiger partial charge in [-0.1, -0.05) is 42.5 Å². The molecule has 5 nitrogen and oxygen atoms in total. The van der Waals surface area contributed by atoms with Crippen LogP contribution >= 0.6 is 23.6 Å². The molecule has 30 heavy (non-hydrogen) atoms. The predicted molar refractivity (Wildman–Crippen MR) is 127 cm³/mol. The number of aliphatic hydroxyl groups excluding tert-OH is 1. The van der Waals surface area contributed by atoms with Crippen molar-refractivity contribution in [2.45, 2.75) is 6.54 Å². The van der Waals surface area contributed by atoms with Gasteiger partial charge >= 0.3 is 0 Å². The monoisotopic (exact) mass is 434 g/mol. The van der Waals surface area contributed by atoms with E-state index in [0.717, 1.165) is 27.5 Å². The highest BCUT2D eigenvalue weighted by Crippen LogP contribution is 2.29. The van der Waals surface area contributed by atoms with Crippen LogP contribution in [0.2, 0.25) is 0 Å². The van der Waals surface area contributed by atoms with Crippen LogP contribution in [0, 0.1) is 0 Å². The molecular formula is C23H22N4OS2. The van der Waals surface area contributed by atoms with Gasteiger partial charge in [0.25, 0.3) is 0 Å². The number of thiophene rings is 1. The summed E-state index contributed by atoms with van der Waals surface area (Å²) in [6.07, 6.45) is 2.04. The quantitative estimate of drug-likeness (QED) is 0.410. The van der Waals surface area contributed by atoms with Crippen molar-refractivity contribution in [2.24, 2.45) is 0 Å². The van der Waals surface area contributed by atoms with Crippen LogP contribution in [0.25, 0.3) is 16.3 Å². The molecule has 0 atom stereocenters. The fourth-order valence-electron chi connectivity index (χ4n) is 3.16. The van der Waals surface area contributed by atoms with E-state index in [4.69, 9.17) is 17.3 Å². The second-order valence-corrected chi connectivity index (χ2v) is 8.04. The molecular weight excluding hydrogens is 412 g/mol. The Morgan fingerprint density at radius 1 is 1.03 bits per heavy atom. The number of thiocarbonyl (C=S) groups is 1. The number of hydrogen-bond donors (Lipinski definition) is 2. The third kappa shape index (κ3) is 4.76. The standard InChI is InChI=1S/C23H22N4OS2/c28-14-13-26(23(29)24-19-8-3-1-4-9-19)16-18-17-27(20-10-5-2-6-11-20)25-22(18)21-12-7-15-30-21/h1-12,15,17,28H,13-14,16H2,(H,24,29). The summed E-state index contributed by atoms with van der Waals surface area (Å²) >= 11 is 7.30. The van der Waals surface area contributed by atoms with Crippen molar-refractivity contribution in [3.05, 3.63) is 89.9 Å². The number of aromatic nitrogens is 2. The van der Waals surface area contributed by atoms with Crippen molar-refractivity contribution in [2.75, 3.05) is 18.5 Å². The number of anilines is 1. The average Bonchev–Trinajstić information content (AvgIpc) is 3.45. The number of hydrogen-bond acceptors (Lipinski definition) is 4. The Balaban J connectivity index is 1.63. The molecule has 0 unspecified atom stereocenters. The molecule has 0 fully saturated rings. The normalized spacial score (nSPS) is 10.7. The molecule has 152 valence electrons. The maximum Gasteiger partial charge on any atom is 0.173 e. The van der Waals surface area contributed by atoms with Gasteiger partial charge in [0.15, 0.2) is 5.11 Å². The number of nitrogens with one attached hydrogen (secondary N) is 1. The molecule has 0 saturated heterocycles. The van der Waals surface area contributed by atoms with E-state index in [0.29, 0.717) is 18.2 Å². The Kier molecular flexibility index (Phi) is 6.53. The second kappa shape index (κ2) is 9.67. The fourth-order valence-corrected chi connectivity index (χ4v) is 4.18. The van der Waals surface area contributed by atoms with Crippen LogP contribution in [0.5, 0.6) is 0 Å². The summed E-state index contributed by atoms with van der Waals surface area (Å²) in [6, 6.07) is 24.0. The van der Waals surface area contributed by atoms with Crippen molar-refractivity contribution in [1.29, 1.82) is 0 Å². The highest BCUT2D eigenvalue weighted by Gasteiger charge is 2.18. The predicted octanol–water partition coefficient (Wildman–Crippen LogP) is 4.79. The van der Waals surface area contributed by atoms with Gasteiger partial charge < -0.3 is 15.3 Å². The van der Waals surface area contributed by atoms with Gasteiger partial charge in [-0.2, -0.15) is 5.10 Å². The highest BCUT2D eigenvalue weighted by molar-refractivity contribution is 7.80. The van der Waals surface area contributed by atoms with Crippen LogP contribution in [-0.2, 0) is 6.54 Å². The van der Waals surface area contributed by atoms with Crippen molar-refractivity contribution in [3.63, 3.8) is 0 Å². The second-order valence-electron chi connectivity index (χ2n) is 6.70. The van der Waals surface area contributed by atoms with Crippen LogP contribution in [0.1, 0.15) is 5.56 Å². The third-order valence-electron chi connectivity index (χ3n) is 4.61. The summed E-state index contributed by atoms with van der Waals surface area (Å²) in [5.41, 5.74) is 3.90. The Hall–Kier alpha value is -3.00. The molecule has 0 amide bonds. The zero-order valence-corrected chi connectivity index (χ0v) is 17.9. The fraction of sp³-hybridized carbons (Fsp3) is 0.130. The lowest BCUT2D eigenvalue weighted by molar-refractivity contribution is 0.248. The van der Waals surface area contributed by atoms with E-state index in [2.05, 4.69) is 11.4 Å². The smallest absolute Gasteiger partial charge is 0.173 e. The Bertz CT molecular complexity index is 1080. The van der Waals surface area contributed by atoms with Crippen LogP contribution in [0.3, 0.4) is 0 Å². The molecule has 2 heterocycles. The minimum Gasteiger partial charge on any atom is -0.395 e. The van der Waals surface area contributed by atoms with E-state index in [1.54, 1.807) is 11.3 Å². The van der Waals surface area contributed by atoms with Crippen molar-refractivity contribution in [3.8, 4) is 16.3 Å². The Labute approximate surface area is 185 Å². The molecule has 4 rings (SSSR count). The average molecular weight is 435 g/mol. The summed E-state index contributed by atoms with van der Waals surface area (Å²) in [5, 5.41) is 20.4. The number of aliphatic hydroxyl groups is 1. The maximum absolute atomic E-state index is 9.62. The zero-order valence-electron chi connectivity index (χ0n) is 16.3. The molecule has 4 aromatic rings. The van der Waals surface area contributed by atoms with Crippen LogP contribution in [-0.4, -0.2) is 38.1 Å². The number of benzene rings is 2. The molecule has 0 radical (unpaired) electrons. The van der Waals surface area contributed by atoms with E-state index in [-0.39, 0.29) is 6.61 Å². The Morgan fingerprint density at radius 2 is 1.77 bits per heavy atom. The molecule has 0 bridgehead atoms.